The number of anilines is 1. The lowest BCUT2D eigenvalue weighted by Gasteiger charge is -2.35. The first kappa shape index (κ1) is 21.4. The smallest absolute Gasteiger partial charge is 0.229 e. The van der Waals surface area contributed by atoms with E-state index in [1.165, 1.54) is 4.31 Å². The molecule has 11 nitrogen and oxygen atoms in total. The zero-order valence-electron chi connectivity index (χ0n) is 17.3. The van der Waals surface area contributed by atoms with E-state index in [0.29, 0.717) is 57.1 Å². The van der Waals surface area contributed by atoms with Gasteiger partial charge >= 0.3 is 0 Å². The quantitative estimate of drug-likeness (QED) is 0.566. The van der Waals surface area contributed by atoms with Gasteiger partial charge in [-0.3, -0.25) is 14.5 Å². The highest BCUT2D eigenvalue weighted by Gasteiger charge is 2.31. The van der Waals surface area contributed by atoms with Gasteiger partial charge in [-0.15, -0.1) is 10.2 Å². The summed E-state index contributed by atoms with van der Waals surface area (Å²) in [5.74, 6) is 0.462. The number of imide groups is 1. The summed E-state index contributed by atoms with van der Waals surface area (Å²) in [6, 6.07) is 5.55. The Kier molecular flexibility index (Phi) is 6.01. The lowest BCUT2D eigenvalue weighted by molar-refractivity contribution is -0.147. The van der Waals surface area contributed by atoms with Crippen LogP contribution < -0.4 is 4.90 Å². The van der Waals surface area contributed by atoms with Crippen molar-refractivity contribution < 1.29 is 18.0 Å². The van der Waals surface area contributed by atoms with Gasteiger partial charge in [-0.25, -0.2) is 13.1 Å². The molecule has 0 unspecified atom stereocenters. The molecule has 2 aliphatic heterocycles. The zero-order valence-corrected chi connectivity index (χ0v) is 18.2. The molecular formula is C19H25N7O4S. The summed E-state index contributed by atoms with van der Waals surface area (Å²) < 4.78 is 28.5. The molecule has 2 amide bonds. The minimum Gasteiger partial charge on any atom is -0.352 e. The maximum Gasteiger partial charge on any atom is 0.229 e. The molecule has 0 bridgehead atoms. The number of likely N-dealkylation sites (tertiary alicyclic amines) is 1. The number of hydrogen-bond acceptors (Lipinski definition) is 8. The Hall–Kier alpha value is -2.86. The predicted molar refractivity (Wildman–Crippen MR) is 112 cm³/mol. The summed E-state index contributed by atoms with van der Waals surface area (Å²) >= 11 is 0. The van der Waals surface area contributed by atoms with Crippen LogP contribution in [-0.2, 0) is 19.6 Å². The largest absolute Gasteiger partial charge is 0.352 e. The van der Waals surface area contributed by atoms with Crippen molar-refractivity contribution in [3.63, 3.8) is 0 Å². The number of nitrogens with zero attached hydrogens (tertiary/aromatic N) is 7. The van der Waals surface area contributed by atoms with Crippen molar-refractivity contribution >= 4 is 27.7 Å². The Morgan fingerprint density at radius 2 is 1.58 bits per heavy atom. The lowest BCUT2D eigenvalue weighted by atomic mass is 10.1. The van der Waals surface area contributed by atoms with Gasteiger partial charge in [0.05, 0.1) is 11.4 Å². The van der Waals surface area contributed by atoms with Crippen LogP contribution >= 0.6 is 0 Å². The molecule has 0 aromatic carbocycles. The summed E-state index contributed by atoms with van der Waals surface area (Å²) in [6.07, 6.45) is 2.94. The van der Waals surface area contributed by atoms with Gasteiger partial charge in [0.25, 0.3) is 0 Å². The molecule has 2 fully saturated rings. The standard InChI is InChI=1S/C19H25N7O4S/c1-15-7-8-26(22-15)17-6-5-16(20-21-17)23-9-11-24(12-10-23)31(29,30)14-13-25-18(27)3-2-4-19(25)28/h5-8H,2-4,9-14H2,1H3. The molecule has 2 aromatic rings. The normalized spacial score (nSPS) is 18.6. The van der Waals surface area contributed by atoms with Gasteiger partial charge in [-0.05, 0) is 31.5 Å². The van der Waals surface area contributed by atoms with Crippen molar-refractivity contribution in [2.75, 3.05) is 43.4 Å². The average molecular weight is 448 g/mol. The Morgan fingerprint density at radius 1 is 0.935 bits per heavy atom. The molecule has 2 saturated heterocycles. The first-order chi connectivity index (χ1) is 14.8. The minimum atomic E-state index is -3.56. The van der Waals surface area contributed by atoms with Crippen LogP contribution in [0.5, 0.6) is 0 Å². The Balaban J connectivity index is 1.32. The molecule has 0 aliphatic carbocycles. The second-order valence-corrected chi connectivity index (χ2v) is 9.73. The number of amides is 2. The van der Waals surface area contributed by atoms with Gasteiger partial charge in [0.2, 0.25) is 21.8 Å². The molecule has 0 N–H and O–H groups in total. The third-order valence-electron chi connectivity index (χ3n) is 5.51. The van der Waals surface area contributed by atoms with Crippen molar-refractivity contribution in [1.29, 1.82) is 0 Å². The highest BCUT2D eigenvalue weighted by atomic mass is 32.2. The van der Waals surface area contributed by atoms with E-state index in [1.54, 1.807) is 4.68 Å². The monoisotopic (exact) mass is 447 g/mol. The first-order valence-electron chi connectivity index (χ1n) is 10.3. The van der Waals surface area contributed by atoms with E-state index in [1.807, 2.05) is 36.2 Å². The summed E-state index contributed by atoms with van der Waals surface area (Å²) in [5, 5.41) is 12.8. The van der Waals surface area contributed by atoms with Crippen LogP contribution in [0.15, 0.2) is 24.4 Å². The maximum atomic E-state index is 12.7. The second kappa shape index (κ2) is 8.71. The highest BCUT2D eigenvalue weighted by molar-refractivity contribution is 7.89. The van der Waals surface area contributed by atoms with E-state index in [-0.39, 0.29) is 24.1 Å². The molecule has 0 saturated carbocycles. The Bertz CT molecular complexity index is 1040. The maximum absolute atomic E-state index is 12.7. The number of carbonyl (C=O) groups excluding carboxylic acids is 2. The van der Waals surface area contributed by atoms with Gasteiger partial charge in [-0.1, -0.05) is 0 Å². The molecular weight excluding hydrogens is 422 g/mol. The average Bonchev–Trinajstić information content (AvgIpc) is 3.20. The van der Waals surface area contributed by atoms with Gasteiger partial charge < -0.3 is 4.90 Å². The lowest BCUT2D eigenvalue weighted by Crippen LogP contribution is -2.51. The molecule has 31 heavy (non-hydrogen) atoms. The van der Waals surface area contributed by atoms with Crippen molar-refractivity contribution in [3.05, 3.63) is 30.1 Å². The van der Waals surface area contributed by atoms with E-state index < -0.39 is 10.0 Å². The topological polar surface area (TPSA) is 122 Å². The minimum absolute atomic E-state index is 0.0833. The number of rotatable bonds is 6. The number of aryl methyl sites for hydroxylation is 1. The summed E-state index contributed by atoms with van der Waals surface area (Å²) in [6.45, 7) is 3.40. The molecule has 0 atom stereocenters. The van der Waals surface area contributed by atoms with Crippen LogP contribution in [-0.4, -0.2) is 87.9 Å². The SMILES string of the molecule is Cc1ccn(-c2ccc(N3CCN(S(=O)(=O)CCN4C(=O)CCCC4=O)CC3)nn2)n1. The fraction of sp³-hybridized carbons (Fsp3) is 0.526. The van der Waals surface area contributed by atoms with Crippen LogP contribution in [0, 0.1) is 6.92 Å². The fourth-order valence-electron chi connectivity index (χ4n) is 3.73. The van der Waals surface area contributed by atoms with Gasteiger partial charge in [0.15, 0.2) is 11.6 Å². The number of hydrogen-bond donors (Lipinski definition) is 0. The van der Waals surface area contributed by atoms with Gasteiger partial charge in [-0.2, -0.15) is 9.40 Å². The molecule has 0 spiro atoms. The van der Waals surface area contributed by atoms with Crippen molar-refractivity contribution in [3.8, 4) is 5.82 Å². The Labute approximate surface area is 180 Å². The molecule has 0 radical (unpaired) electrons. The first-order valence-corrected chi connectivity index (χ1v) is 11.9. The van der Waals surface area contributed by atoms with Crippen LogP contribution in [0.3, 0.4) is 0 Å². The highest BCUT2D eigenvalue weighted by Crippen LogP contribution is 2.17. The number of sulfonamides is 1. The van der Waals surface area contributed by atoms with Crippen molar-refractivity contribution in [2.45, 2.75) is 26.2 Å². The fourth-order valence-corrected chi connectivity index (χ4v) is 5.12. The third kappa shape index (κ3) is 4.74. The molecule has 4 heterocycles. The summed E-state index contributed by atoms with van der Waals surface area (Å²) in [5.41, 5.74) is 0.886. The molecule has 166 valence electrons. The summed E-state index contributed by atoms with van der Waals surface area (Å²) in [7, 11) is -3.56. The molecule has 12 heteroatoms. The van der Waals surface area contributed by atoms with E-state index in [4.69, 9.17) is 0 Å². The van der Waals surface area contributed by atoms with E-state index in [9.17, 15) is 18.0 Å². The molecule has 2 aromatic heterocycles. The van der Waals surface area contributed by atoms with Crippen molar-refractivity contribution in [2.24, 2.45) is 0 Å². The van der Waals surface area contributed by atoms with E-state index in [0.717, 1.165) is 10.6 Å². The number of carbonyl (C=O) groups is 2. The molecule has 2 aliphatic rings. The van der Waals surface area contributed by atoms with Crippen molar-refractivity contribution in [1.82, 2.24) is 29.2 Å². The van der Waals surface area contributed by atoms with Gasteiger partial charge in [0, 0.05) is 51.8 Å². The predicted octanol–water partition coefficient (Wildman–Crippen LogP) is -0.0384. The zero-order chi connectivity index (χ0) is 22.0. The van der Waals surface area contributed by atoms with E-state index >= 15 is 0 Å². The number of piperazine rings is 1. The van der Waals surface area contributed by atoms with Crippen LogP contribution in [0.4, 0.5) is 5.82 Å². The second-order valence-electron chi connectivity index (χ2n) is 7.65. The number of aromatic nitrogens is 4. The van der Waals surface area contributed by atoms with Gasteiger partial charge in [0.1, 0.15) is 0 Å². The van der Waals surface area contributed by atoms with E-state index in [2.05, 4.69) is 15.3 Å². The number of piperidine rings is 1. The third-order valence-corrected chi connectivity index (χ3v) is 7.36. The Morgan fingerprint density at radius 3 is 2.16 bits per heavy atom. The molecule has 4 rings (SSSR count). The van der Waals surface area contributed by atoms with Crippen LogP contribution in [0.2, 0.25) is 0 Å². The van der Waals surface area contributed by atoms with Crippen LogP contribution in [0.1, 0.15) is 25.0 Å². The summed E-state index contributed by atoms with van der Waals surface area (Å²) in [4.78, 5) is 26.8. The van der Waals surface area contributed by atoms with Crippen LogP contribution in [0.25, 0.3) is 5.82 Å².